The van der Waals surface area contributed by atoms with E-state index in [1.54, 1.807) is 6.92 Å². The minimum absolute atomic E-state index is 0.00120. The van der Waals surface area contributed by atoms with E-state index in [-0.39, 0.29) is 31.2 Å². The highest BCUT2D eigenvalue weighted by atomic mass is 19.1. The van der Waals surface area contributed by atoms with Gasteiger partial charge in [-0.15, -0.1) is 0 Å². The molecule has 0 aliphatic rings. The zero-order chi connectivity index (χ0) is 13.5. The van der Waals surface area contributed by atoms with Gasteiger partial charge in [0, 0.05) is 13.7 Å². The fourth-order valence-electron chi connectivity index (χ4n) is 1.49. The second-order valence-electron chi connectivity index (χ2n) is 3.62. The van der Waals surface area contributed by atoms with Gasteiger partial charge in [0.05, 0.1) is 12.3 Å². The van der Waals surface area contributed by atoms with Gasteiger partial charge in [0.2, 0.25) is 0 Å². The molecule has 0 bridgehead atoms. The maximum absolute atomic E-state index is 14.0. The van der Waals surface area contributed by atoms with Crippen LogP contribution in [0, 0.1) is 5.82 Å². The summed E-state index contributed by atoms with van der Waals surface area (Å²) in [4.78, 5) is 19.7. The molecule has 100 valence electrons. The van der Waals surface area contributed by atoms with Crippen molar-refractivity contribution < 1.29 is 19.0 Å². The lowest BCUT2D eigenvalue weighted by Crippen LogP contribution is -2.34. The highest BCUT2D eigenvalue weighted by Gasteiger charge is 2.18. The zero-order valence-corrected chi connectivity index (χ0v) is 10.4. The van der Waals surface area contributed by atoms with Crippen LogP contribution in [0.5, 0.6) is 0 Å². The van der Waals surface area contributed by atoms with Crippen molar-refractivity contribution in [1.82, 2.24) is 9.97 Å². The first-order valence-electron chi connectivity index (χ1n) is 5.55. The molecule has 0 aromatic carbocycles. The molecule has 0 amide bonds. The summed E-state index contributed by atoms with van der Waals surface area (Å²) < 4.78 is 18.9. The van der Waals surface area contributed by atoms with E-state index in [2.05, 4.69) is 9.97 Å². The normalized spacial score (nSPS) is 10.4. The molecule has 0 saturated carbocycles. The second kappa shape index (κ2) is 6.85. The number of aryl methyl sites for hydroxylation is 1. The Morgan fingerprint density at radius 2 is 2.28 bits per heavy atom. The number of anilines is 1. The van der Waals surface area contributed by atoms with Crippen LogP contribution >= 0.6 is 0 Å². The standard InChI is InChI=1S/C11H16FN3O3/c1-3-8-10(12)11(14-7-13-8)15(4-5-18-2)6-9(16)17/h7H,3-6H2,1-2H3,(H,16,17). The maximum atomic E-state index is 14.0. The quantitative estimate of drug-likeness (QED) is 0.775. The van der Waals surface area contributed by atoms with Gasteiger partial charge in [-0.2, -0.15) is 0 Å². The fourth-order valence-corrected chi connectivity index (χ4v) is 1.49. The Balaban J connectivity index is 2.99. The molecule has 1 heterocycles. The highest BCUT2D eigenvalue weighted by Crippen LogP contribution is 2.17. The van der Waals surface area contributed by atoms with Crippen molar-refractivity contribution in [2.75, 3.05) is 31.7 Å². The van der Waals surface area contributed by atoms with Crippen molar-refractivity contribution in [1.29, 1.82) is 0 Å². The summed E-state index contributed by atoms with van der Waals surface area (Å²) in [6.45, 7) is 1.98. The van der Waals surface area contributed by atoms with E-state index in [1.807, 2.05) is 0 Å². The number of halogens is 1. The maximum Gasteiger partial charge on any atom is 0.323 e. The molecule has 0 aliphatic carbocycles. The monoisotopic (exact) mass is 257 g/mol. The molecule has 1 rings (SSSR count). The van der Waals surface area contributed by atoms with Gasteiger partial charge >= 0.3 is 5.97 Å². The number of ether oxygens (including phenoxy) is 1. The van der Waals surface area contributed by atoms with E-state index < -0.39 is 11.8 Å². The summed E-state index contributed by atoms with van der Waals surface area (Å²) >= 11 is 0. The third-order valence-electron chi connectivity index (χ3n) is 2.37. The average Bonchev–Trinajstić information content (AvgIpc) is 2.34. The predicted molar refractivity (Wildman–Crippen MR) is 63.1 cm³/mol. The fraction of sp³-hybridized carbons (Fsp3) is 0.545. The minimum Gasteiger partial charge on any atom is -0.480 e. The van der Waals surface area contributed by atoms with Gasteiger partial charge in [-0.05, 0) is 6.42 Å². The number of nitrogens with zero attached hydrogens (tertiary/aromatic N) is 3. The van der Waals surface area contributed by atoms with E-state index in [0.29, 0.717) is 6.42 Å². The first kappa shape index (κ1) is 14.3. The molecule has 0 unspecified atom stereocenters. The molecule has 1 aromatic heterocycles. The van der Waals surface area contributed by atoms with Crippen LogP contribution in [0.3, 0.4) is 0 Å². The molecule has 0 spiro atoms. The summed E-state index contributed by atoms with van der Waals surface area (Å²) in [7, 11) is 1.49. The van der Waals surface area contributed by atoms with Gasteiger partial charge in [-0.1, -0.05) is 6.92 Å². The van der Waals surface area contributed by atoms with Crippen molar-refractivity contribution >= 4 is 11.8 Å². The topological polar surface area (TPSA) is 75.5 Å². The van der Waals surface area contributed by atoms with Gasteiger partial charge in [-0.25, -0.2) is 14.4 Å². The lowest BCUT2D eigenvalue weighted by atomic mass is 10.3. The third kappa shape index (κ3) is 3.63. The Kier molecular flexibility index (Phi) is 5.44. The van der Waals surface area contributed by atoms with Crippen LogP contribution in [-0.2, 0) is 16.0 Å². The summed E-state index contributed by atoms with van der Waals surface area (Å²) in [5.74, 6) is -1.62. The summed E-state index contributed by atoms with van der Waals surface area (Å²) in [6.07, 6.45) is 1.66. The van der Waals surface area contributed by atoms with Gasteiger partial charge in [0.1, 0.15) is 12.9 Å². The number of hydrogen-bond donors (Lipinski definition) is 1. The number of hydrogen-bond acceptors (Lipinski definition) is 5. The van der Waals surface area contributed by atoms with E-state index >= 15 is 0 Å². The summed E-state index contributed by atoms with van der Waals surface area (Å²) in [5, 5.41) is 8.81. The number of aromatic nitrogens is 2. The van der Waals surface area contributed by atoms with Crippen LogP contribution in [0.2, 0.25) is 0 Å². The van der Waals surface area contributed by atoms with Gasteiger partial charge in [-0.3, -0.25) is 4.79 Å². The third-order valence-corrected chi connectivity index (χ3v) is 2.37. The summed E-state index contributed by atoms with van der Waals surface area (Å²) in [6, 6.07) is 0. The molecule has 18 heavy (non-hydrogen) atoms. The molecular formula is C11H16FN3O3. The second-order valence-corrected chi connectivity index (χ2v) is 3.62. The molecule has 0 atom stereocenters. The van der Waals surface area contributed by atoms with E-state index in [4.69, 9.17) is 9.84 Å². The van der Waals surface area contributed by atoms with Gasteiger partial charge in [0.25, 0.3) is 0 Å². The van der Waals surface area contributed by atoms with Crippen molar-refractivity contribution in [3.63, 3.8) is 0 Å². The smallest absolute Gasteiger partial charge is 0.323 e. The lowest BCUT2D eigenvalue weighted by Gasteiger charge is -2.22. The van der Waals surface area contributed by atoms with E-state index in [0.717, 1.165) is 0 Å². The molecular weight excluding hydrogens is 241 g/mol. The Morgan fingerprint density at radius 3 is 2.83 bits per heavy atom. The Morgan fingerprint density at radius 1 is 1.56 bits per heavy atom. The molecule has 0 radical (unpaired) electrons. The van der Waals surface area contributed by atoms with Crippen LogP contribution in [0.15, 0.2) is 6.33 Å². The number of methoxy groups -OCH3 is 1. The molecule has 7 heteroatoms. The van der Waals surface area contributed by atoms with Crippen LogP contribution in [-0.4, -0.2) is 47.8 Å². The Hall–Kier alpha value is -1.76. The minimum atomic E-state index is -1.05. The largest absolute Gasteiger partial charge is 0.480 e. The molecule has 0 aliphatic heterocycles. The Bertz CT molecular complexity index is 415. The Labute approximate surface area is 104 Å². The first-order chi connectivity index (χ1) is 8.60. The number of rotatable bonds is 7. The van der Waals surface area contributed by atoms with Gasteiger partial charge < -0.3 is 14.7 Å². The highest BCUT2D eigenvalue weighted by molar-refractivity contribution is 5.73. The SMILES string of the molecule is CCc1ncnc(N(CCOC)CC(=O)O)c1F. The van der Waals surface area contributed by atoms with Crippen LogP contribution in [0.1, 0.15) is 12.6 Å². The molecule has 1 aromatic rings. The van der Waals surface area contributed by atoms with E-state index in [9.17, 15) is 9.18 Å². The van der Waals surface area contributed by atoms with Crippen molar-refractivity contribution in [2.24, 2.45) is 0 Å². The lowest BCUT2D eigenvalue weighted by molar-refractivity contribution is -0.135. The van der Waals surface area contributed by atoms with E-state index in [1.165, 1.54) is 18.3 Å². The average molecular weight is 257 g/mol. The number of carboxylic acids is 1. The zero-order valence-electron chi connectivity index (χ0n) is 10.4. The molecule has 6 nitrogen and oxygen atoms in total. The van der Waals surface area contributed by atoms with Crippen molar-refractivity contribution in [3.8, 4) is 0 Å². The molecule has 1 N–H and O–H groups in total. The van der Waals surface area contributed by atoms with Crippen molar-refractivity contribution in [2.45, 2.75) is 13.3 Å². The predicted octanol–water partition coefficient (Wildman–Crippen LogP) is 0.715. The number of carbonyl (C=O) groups is 1. The van der Waals surface area contributed by atoms with Crippen LogP contribution in [0.4, 0.5) is 10.2 Å². The van der Waals surface area contributed by atoms with Crippen LogP contribution < -0.4 is 4.90 Å². The summed E-state index contributed by atoms with van der Waals surface area (Å²) in [5.41, 5.74) is 0.271. The van der Waals surface area contributed by atoms with Crippen LogP contribution in [0.25, 0.3) is 0 Å². The molecule has 0 saturated heterocycles. The molecule has 0 fully saturated rings. The first-order valence-corrected chi connectivity index (χ1v) is 5.55. The number of carboxylic acid groups (broad SMARTS) is 1. The van der Waals surface area contributed by atoms with Gasteiger partial charge in [0.15, 0.2) is 11.6 Å². The van der Waals surface area contributed by atoms with Crippen molar-refractivity contribution in [3.05, 3.63) is 17.8 Å². The number of aliphatic carboxylic acids is 1.